The molecule has 5 rings (SSSR count). The van der Waals surface area contributed by atoms with Gasteiger partial charge in [0.25, 0.3) is 10.0 Å². The first-order valence-electron chi connectivity index (χ1n) is 17.0. The van der Waals surface area contributed by atoms with Crippen molar-refractivity contribution in [3.63, 3.8) is 0 Å². The second-order valence-corrected chi connectivity index (χ2v) is 14.7. The topological polar surface area (TPSA) is 122 Å². The number of unbranched alkanes of at least 4 members (excludes halogenated alkanes) is 3. The summed E-state index contributed by atoms with van der Waals surface area (Å²) in [6.45, 7) is 1.16. The number of sulfonamides is 1. The minimum atomic E-state index is -4.44. The van der Waals surface area contributed by atoms with E-state index in [1.54, 1.807) is 17.1 Å². The highest BCUT2D eigenvalue weighted by atomic mass is 35.5. The molecule has 0 amide bonds. The summed E-state index contributed by atoms with van der Waals surface area (Å²) >= 11 is 12.2. The smallest absolute Gasteiger partial charge is 0.394 e. The van der Waals surface area contributed by atoms with Crippen molar-refractivity contribution in [2.45, 2.75) is 49.1 Å². The molecule has 0 aromatic heterocycles. The molecule has 53 heavy (non-hydrogen) atoms. The van der Waals surface area contributed by atoms with Crippen molar-refractivity contribution >= 4 is 50.6 Å². The fourth-order valence-corrected chi connectivity index (χ4v) is 6.87. The van der Waals surface area contributed by atoms with Crippen LogP contribution >= 0.6 is 23.2 Å². The van der Waals surface area contributed by atoms with Gasteiger partial charge in [-0.2, -0.15) is 26.7 Å². The lowest BCUT2D eigenvalue weighted by atomic mass is 9.91. The number of hydrazone groups is 1. The monoisotopic (exact) mass is 786 g/mol. The van der Waals surface area contributed by atoms with Gasteiger partial charge in [0.2, 0.25) is 5.96 Å². The highest BCUT2D eigenvalue weighted by Gasteiger charge is 2.33. The lowest BCUT2D eigenvalue weighted by Crippen LogP contribution is -2.39. The molecule has 9 nitrogen and oxygen atoms in total. The summed E-state index contributed by atoms with van der Waals surface area (Å²) in [6.07, 6.45) is -1.06. The van der Waals surface area contributed by atoms with Crippen LogP contribution in [0.1, 0.15) is 60.3 Å². The van der Waals surface area contributed by atoms with Gasteiger partial charge < -0.3 is 15.9 Å². The van der Waals surface area contributed by atoms with E-state index < -0.39 is 21.8 Å². The molecule has 0 fully saturated rings. The molecule has 1 aliphatic heterocycles. The second-order valence-electron chi connectivity index (χ2n) is 12.2. The Kier molecular flexibility index (Phi) is 13.9. The van der Waals surface area contributed by atoms with Crippen LogP contribution in [0.4, 0.5) is 13.2 Å². The largest absolute Gasteiger partial charge is 0.416 e. The first-order chi connectivity index (χ1) is 25.4. The van der Waals surface area contributed by atoms with Gasteiger partial charge >= 0.3 is 6.18 Å². The van der Waals surface area contributed by atoms with Gasteiger partial charge in [0.1, 0.15) is 6.61 Å². The molecule has 0 radical (unpaired) electrons. The van der Waals surface area contributed by atoms with Crippen molar-refractivity contribution in [2.75, 3.05) is 26.2 Å². The highest BCUT2D eigenvalue weighted by Crippen LogP contribution is 2.31. The van der Waals surface area contributed by atoms with E-state index >= 15 is 0 Å². The van der Waals surface area contributed by atoms with Crippen LogP contribution in [0.3, 0.4) is 0 Å². The van der Waals surface area contributed by atoms with Crippen molar-refractivity contribution in [1.29, 1.82) is 0 Å². The van der Waals surface area contributed by atoms with E-state index in [1.165, 1.54) is 36.4 Å². The molecule has 0 saturated heterocycles. The molecular weight excluding hydrogens is 748 g/mol. The van der Waals surface area contributed by atoms with Crippen molar-refractivity contribution in [3.05, 3.63) is 135 Å². The van der Waals surface area contributed by atoms with Gasteiger partial charge in [-0.05, 0) is 84.5 Å². The van der Waals surface area contributed by atoms with Gasteiger partial charge in [0, 0.05) is 29.1 Å². The standard InChI is InChI=1S/C38H39Cl2F3N6O3S/c39-31-17-13-29(14-18-31)36-34(27-8-4-3-5-9-27)26-49(46-36)37(48-53(50,51)33-21-19-32(40)20-22-33)45-24-7-2-1-6-10-35(47-52-25-23-44)28-11-15-30(16-12-28)38(41,42)43/h3-5,8-9,11-22,34H,1-2,6-7,10,23-26,44H2,(H,45,48)/b47-35+. The molecule has 4 aromatic carbocycles. The Balaban J connectivity index is 1.29. The zero-order valence-corrected chi connectivity index (χ0v) is 31.0. The molecule has 0 bridgehead atoms. The molecule has 4 aromatic rings. The highest BCUT2D eigenvalue weighted by molar-refractivity contribution is 7.90. The maximum atomic E-state index is 13.5. The predicted octanol–water partition coefficient (Wildman–Crippen LogP) is 8.48. The van der Waals surface area contributed by atoms with Crippen molar-refractivity contribution in [3.8, 4) is 0 Å². The lowest BCUT2D eigenvalue weighted by molar-refractivity contribution is -0.137. The third kappa shape index (κ3) is 11.3. The molecule has 3 N–H and O–H groups in total. The maximum Gasteiger partial charge on any atom is 0.416 e. The number of benzene rings is 4. The van der Waals surface area contributed by atoms with E-state index in [-0.39, 0.29) is 29.9 Å². The average Bonchev–Trinajstić information content (AvgIpc) is 3.59. The normalized spacial score (nSPS) is 15.4. The lowest BCUT2D eigenvalue weighted by Gasteiger charge is -2.19. The number of rotatable bonds is 15. The predicted molar refractivity (Wildman–Crippen MR) is 204 cm³/mol. The van der Waals surface area contributed by atoms with Gasteiger partial charge in [0.05, 0.1) is 28.4 Å². The molecule has 15 heteroatoms. The zero-order chi connectivity index (χ0) is 37.8. The fraction of sp³-hybridized carbons (Fsp3) is 0.289. The second kappa shape index (κ2) is 18.6. The van der Waals surface area contributed by atoms with Gasteiger partial charge in [0.15, 0.2) is 0 Å². The number of halogens is 5. The quantitative estimate of drug-likeness (QED) is 0.0540. The SMILES string of the molecule is NCCO/N=C(\CCCCCCN/C(=N\S(=O)(=O)c1ccc(Cl)cc1)N1CC(c2ccccc2)C(c2ccc(Cl)cc2)=N1)c1ccc(C(F)(F)F)cc1. The Morgan fingerprint density at radius 3 is 2.17 bits per heavy atom. The molecule has 0 aliphatic carbocycles. The Morgan fingerprint density at radius 2 is 1.53 bits per heavy atom. The summed E-state index contributed by atoms with van der Waals surface area (Å²) in [4.78, 5) is 5.25. The number of hydrogen-bond acceptors (Lipinski definition) is 6. The minimum Gasteiger partial charge on any atom is -0.394 e. The Morgan fingerprint density at radius 1 is 0.887 bits per heavy atom. The molecule has 1 aliphatic rings. The summed E-state index contributed by atoms with van der Waals surface area (Å²) in [7, 11) is -4.15. The van der Waals surface area contributed by atoms with Crippen LogP contribution < -0.4 is 11.1 Å². The summed E-state index contributed by atoms with van der Waals surface area (Å²) in [5.74, 6) is -0.101. The summed E-state index contributed by atoms with van der Waals surface area (Å²) < 4.78 is 70.5. The number of nitrogens with one attached hydrogen (secondary N) is 1. The number of guanidine groups is 1. The molecule has 280 valence electrons. The van der Waals surface area contributed by atoms with E-state index in [1.807, 2.05) is 42.5 Å². The molecular formula is C38H39Cl2F3N6O3S. The molecule has 1 heterocycles. The van der Waals surface area contributed by atoms with E-state index in [0.29, 0.717) is 53.7 Å². The van der Waals surface area contributed by atoms with Crippen LogP contribution in [0.2, 0.25) is 10.0 Å². The van der Waals surface area contributed by atoms with E-state index in [4.69, 9.17) is 38.9 Å². The van der Waals surface area contributed by atoms with Gasteiger partial charge in [-0.3, -0.25) is 0 Å². The van der Waals surface area contributed by atoms with Crippen LogP contribution in [-0.4, -0.2) is 57.1 Å². The summed E-state index contributed by atoms with van der Waals surface area (Å²) in [6, 6.07) is 27.8. The van der Waals surface area contributed by atoms with Crippen molar-refractivity contribution in [1.82, 2.24) is 10.3 Å². The number of alkyl halides is 3. The summed E-state index contributed by atoms with van der Waals surface area (Å²) in [5.41, 5.74) is 8.43. The van der Waals surface area contributed by atoms with E-state index in [0.717, 1.165) is 41.8 Å². The summed E-state index contributed by atoms with van der Waals surface area (Å²) in [5, 5.41) is 14.8. The van der Waals surface area contributed by atoms with E-state index in [9.17, 15) is 21.6 Å². The van der Waals surface area contributed by atoms with Crippen LogP contribution in [0.5, 0.6) is 0 Å². The third-order valence-electron chi connectivity index (χ3n) is 8.37. The fourth-order valence-electron chi connectivity index (χ4n) is 5.65. The number of nitrogens with two attached hydrogens (primary N) is 1. The van der Waals surface area contributed by atoms with Crippen LogP contribution in [0, 0.1) is 0 Å². The first-order valence-corrected chi connectivity index (χ1v) is 19.2. The number of hydrogen-bond donors (Lipinski definition) is 2. The van der Waals surface area contributed by atoms with Crippen LogP contribution in [0.25, 0.3) is 0 Å². The molecule has 0 saturated carbocycles. The Hall–Kier alpha value is -4.43. The van der Waals surface area contributed by atoms with E-state index in [2.05, 4.69) is 14.9 Å². The average molecular weight is 788 g/mol. The van der Waals surface area contributed by atoms with Crippen molar-refractivity contribution in [2.24, 2.45) is 20.4 Å². The molecule has 0 spiro atoms. The van der Waals surface area contributed by atoms with Gasteiger partial charge in [-0.1, -0.05) is 95.8 Å². The molecule has 1 atom stereocenters. The Labute approximate surface area is 317 Å². The van der Waals surface area contributed by atoms with Gasteiger partial charge in [-0.25, -0.2) is 5.01 Å². The van der Waals surface area contributed by atoms with Crippen molar-refractivity contribution < 1.29 is 26.4 Å². The third-order valence-corrected chi connectivity index (χ3v) is 10.2. The first kappa shape index (κ1) is 39.8. The minimum absolute atomic E-state index is 0.0112. The number of oxime groups is 1. The maximum absolute atomic E-state index is 13.5. The molecule has 1 unspecified atom stereocenters. The Bertz CT molecular complexity index is 1990. The zero-order valence-electron chi connectivity index (χ0n) is 28.6. The van der Waals surface area contributed by atoms with Gasteiger partial charge in [-0.15, -0.1) is 4.40 Å². The number of nitrogens with zero attached hydrogens (tertiary/aromatic N) is 4. The van der Waals surface area contributed by atoms with Crippen LogP contribution in [0.15, 0.2) is 123 Å². The van der Waals surface area contributed by atoms with Crippen LogP contribution in [-0.2, 0) is 21.0 Å².